The Morgan fingerprint density at radius 3 is 2.45 bits per heavy atom. The second kappa shape index (κ2) is 6.39. The van der Waals surface area contributed by atoms with Crippen LogP contribution in [0.5, 0.6) is 17.2 Å². The summed E-state index contributed by atoms with van der Waals surface area (Å²) in [5.74, 6) is 2.35. The number of hydrogen-bond donors (Lipinski definition) is 1. The highest BCUT2D eigenvalue weighted by molar-refractivity contribution is 5.48. The zero-order valence-electron chi connectivity index (χ0n) is 12.3. The van der Waals surface area contributed by atoms with Crippen molar-refractivity contribution in [2.45, 2.75) is 19.9 Å². The lowest BCUT2D eigenvalue weighted by Crippen LogP contribution is -2.14. The quantitative estimate of drug-likeness (QED) is 0.905. The number of benzene rings is 1. The maximum Gasteiger partial charge on any atom is 0.148 e. The molecule has 1 heterocycles. The van der Waals surface area contributed by atoms with E-state index in [2.05, 4.69) is 17.2 Å². The number of hydrogen-bond acceptors (Lipinski definition) is 4. The van der Waals surface area contributed by atoms with E-state index < -0.39 is 0 Å². The van der Waals surface area contributed by atoms with Crippen LogP contribution in [0.15, 0.2) is 36.5 Å². The van der Waals surface area contributed by atoms with Gasteiger partial charge in [0, 0.05) is 12.2 Å². The van der Waals surface area contributed by atoms with Gasteiger partial charge in [-0.05, 0) is 45.2 Å². The molecule has 2 rings (SSSR count). The predicted molar refractivity (Wildman–Crippen MR) is 79.5 cm³/mol. The molecule has 4 heteroatoms. The van der Waals surface area contributed by atoms with Crippen molar-refractivity contribution in [3.8, 4) is 17.2 Å². The Bertz CT molecular complexity index is 584. The fourth-order valence-corrected chi connectivity index (χ4v) is 2.06. The third-order valence-electron chi connectivity index (χ3n) is 3.29. The van der Waals surface area contributed by atoms with Crippen LogP contribution in [0.25, 0.3) is 0 Å². The van der Waals surface area contributed by atoms with Gasteiger partial charge in [-0.1, -0.05) is 6.07 Å². The van der Waals surface area contributed by atoms with Crippen LogP contribution in [-0.4, -0.2) is 19.1 Å². The lowest BCUT2D eigenvalue weighted by Gasteiger charge is -2.19. The van der Waals surface area contributed by atoms with Crippen LogP contribution in [0.2, 0.25) is 0 Å². The molecule has 0 amide bonds. The van der Waals surface area contributed by atoms with Crippen molar-refractivity contribution < 1.29 is 9.47 Å². The first-order valence-electron chi connectivity index (χ1n) is 6.61. The van der Waals surface area contributed by atoms with Crippen molar-refractivity contribution in [2.24, 2.45) is 0 Å². The Morgan fingerprint density at radius 2 is 1.80 bits per heavy atom. The van der Waals surface area contributed by atoms with Crippen LogP contribution in [0, 0.1) is 6.92 Å². The number of rotatable bonds is 5. The Hall–Kier alpha value is -2.07. The van der Waals surface area contributed by atoms with Crippen LogP contribution in [-0.2, 0) is 0 Å². The average Bonchev–Trinajstić information content (AvgIpc) is 2.48. The Labute approximate surface area is 119 Å². The molecule has 1 aromatic carbocycles. The molecule has 1 unspecified atom stereocenters. The van der Waals surface area contributed by atoms with Gasteiger partial charge in [-0.25, -0.2) is 0 Å². The standard InChI is InChI=1S/C16H20N2O2/c1-11-13(9-6-10-18-11)20-15-8-5-7-14(19-4)16(15)12(2)17-3/h5-10,12,17H,1-4H3. The van der Waals surface area contributed by atoms with Gasteiger partial charge in [0.15, 0.2) is 0 Å². The molecule has 2 aromatic rings. The van der Waals surface area contributed by atoms with E-state index in [1.165, 1.54) is 0 Å². The lowest BCUT2D eigenvalue weighted by atomic mass is 10.1. The minimum Gasteiger partial charge on any atom is -0.496 e. The van der Waals surface area contributed by atoms with Crippen molar-refractivity contribution in [1.82, 2.24) is 10.3 Å². The molecule has 0 bridgehead atoms. The maximum atomic E-state index is 6.02. The maximum absolute atomic E-state index is 6.02. The Kier molecular flexibility index (Phi) is 4.58. The SMILES string of the molecule is CNC(C)c1c(OC)cccc1Oc1cccnc1C. The van der Waals surface area contributed by atoms with Crippen molar-refractivity contribution in [2.75, 3.05) is 14.2 Å². The lowest BCUT2D eigenvalue weighted by molar-refractivity contribution is 0.392. The van der Waals surface area contributed by atoms with Gasteiger partial charge in [-0.3, -0.25) is 4.98 Å². The molecule has 0 spiro atoms. The molecule has 0 fully saturated rings. The number of pyridine rings is 1. The number of ether oxygens (including phenoxy) is 2. The molecule has 1 N–H and O–H groups in total. The van der Waals surface area contributed by atoms with Gasteiger partial charge in [0.2, 0.25) is 0 Å². The van der Waals surface area contributed by atoms with Crippen LogP contribution < -0.4 is 14.8 Å². The smallest absolute Gasteiger partial charge is 0.148 e. The molecular formula is C16H20N2O2. The minimum absolute atomic E-state index is 0.123. The molecule has 0 radical (unpaired) electrons. The van der Waals surface area contributed by atoms with E-state index in [1.54, 1.807) is 13.3 Å². The normalized spacial score (nSPS) is 12.0. The molecule has 0 saturated heterocycles. The number of methoxy groups -OCH3 is 1. The molecule has 1 aromatic heterocycles. The van der Waals surface area contributed by atoms with E-state index in [4.69, 9.17) is 9.47 Å². The summed E-state index contributed by atoms with van der Waals surface area (Å²) in [6, 6.07) is 9.70. The van der Waals surface area contributed by atoms with E-state index >= 15 is 0 Å². The fraction of sp³-hybridized carbons (Fsp3) is 0.312. The summed E-state index contributed by atoms with van der Waals surface area (Å²) < 4.78 is 11.5. The van der Waals surface area contributed by atoms with Gasteiger partial charge in [-0.15, -0.1) is 0 Å². The summed E-state index contributed by atoms with van der Waals surface area (Å²) in [5, 5.41) is 3.22. The van der Waals surface area contributed by atoms with E-state index in [-0.39, 0.29) is 6.04 Å². The van der Waals surface area contributed by atoms with E-state index in [0.717, 1.165) is 28.5 Å². The van der Waals surface area contributed by atoms with E-state index in [9.17, 15) is 0 Å². The molecule has 106 valence electrons. The van der Waals surface area contributed by atoms with Crippen LogP contribution in [0.4, 0.5) is 0 Å². The first-order valence-corrected chi connectivity index (χ1v) is 6.61. The Morgan fingerprint density at radius 1 is 1.10 bits per heavy atom. The van der Waals surface area contributed by atoms with Crippen LogP contribution >= 0.6 is 0 Å². The second-order valence-corrected chi connectivity index (χ2v) is 4.57. The molecule has 0 aliphatic heterocycles. The summed E-state index contributed by atoms with van der Waals surface area (Å²) in [4.78, 5) is 4.24. The molecular weight excluding hydrogens is 252 g/mol. The van der Waals surface area contributed by atoms with Crippen LogP contribution in [0.3, 0.4) is 0 Å². The number of aryl methyl sites for hydroxylation is 1. The highest BCUT2D eigenvalue weighted by Gasteiger charge is 2.17. The highest BCUT2D eigenvalue weighted by atomic mass is 16.5. The zero-order chi connectivity index (χ0) is 14.5. The number of nitrogens with one attached hydrogen (secondary N) is 1. The summed E-state index contributed by atoms with van der Waals surface area (Å²) in [7, 11) is 3.58. The van der Waals surface area contributed by atoms with Crippen molar-refractivity contribution in [1.29, 1.82) is 0 Å². The molecule has 4 nitrogen and oxygen atoms in total. The predicted octanol–water partition coefficient (Wildman–Crippen LogP) is 3.47. The summed E-state index contributed by atoms with van der Waals surface area (Å²) in [6.45, 7) is 4.00. The fourth-order valence-electron chi connectivity index (χ4n) is 2.06. The topological polar surface area (TPSA) is 43.4 Å². The average molecular weight is 272 g/mol. The highest BCUT2D eigenvalue weighted by Crippen LogP contribution is 2.36. The second-order valence-electron chi connectivity index (χ2n) is 4.57. The van der Waals surface area contributed by atoms with Gasteiger partial charge in [0.05, 0.1) is 18.4 Å². The van der Waals surface area contributed by atoms with Crippen molar-refractivity contribution in [3.63, 3.8) is 0 Å². The van der Waals surface area contributed by atoms with Crippen molar-refractivity contribution >= 4 is 0 Å². The van der Waals surface area contributed by atoms with E-state index in [0.29, 0.717) is 0 Å². The number of nitrogens with zero attached hydrogens (tertiary/aromatic N) is 1. The van der Waals surface area contributed by atoms with Crippen molar-refractivity contribution in [3.05, 3.63) is 47.8 Å². The zero-order valence-corrected chi connectivity index (χ0v) is 12.3. The molecule has 0 saturated carbocycles. The van der Waals surface area contributed by atoms with Crippen LogP contribution in [0.1, 0.15) is 24.2 Å². The third kappa shape index (κ3) is 2.91. The van der Waals surface area contributed by atoms with Gasteiger partial charge < -0.3 is 14.8 Å². The first kappa shape index (κ1) is 14.3. The molecule has 0 aliphatic carbocycles. The van der Waals surface area contributed by atoms with E-state index in [1.807, 2.05) is 44.3 Å². The molecule has 20 heavy (non-hydrogen) atoms. The largest absolute Gasteiger partial charge is 0.496 e. The van der Waals surface area contributed by atoms with Gasteiger partial charge in [0.1, 0.15) is 17.2 Å². The number of aromatic nitrogens is 1. The molecule has 0 aliphatic rings. The molecule has 1 atom stereocenters. The van der Waals surface area contributed by atoms with Gasteiger partial charge in [0.25, 0.3) is 0 Å². The summed E-state index contributed by atoms with van der Waals surface area (Å²) in [6.07, 6.45) is 1.75. The monoisotopic (exact) mass is 272 g/mol. The Balaban J connectivity index is 2.43. The third-order valence-corrected chi connectivity index (χ3v) is 3.29. The summed E-state index contributed by atoms with van der Waals surface area (Å²) in [5.41, 5.74) is 1.86. The summed E-state index contributed by atoms with van der Waals surface area (Å²) >= 11 is 0. The first-order chi connectivity index (χ1) is 9.67. The minimum atomic E-state index is 0.123. The van der Waals surface area contributed by atoms with Gasteiger partial charge in [-0.2, -0.15) is 0 Å². The van der Waals surface area contributed by atoms with Gasteiger partial charge >= 0.3 is 0 Å².